The summed E-state index contributed by atoms with van der Waals surface area (Å²) in [5.74, 6) is 1.11. The number of unbranched alkanes of at least 4 members (excludes halogenated alkanes) is 1. The smallest absolute Gasteiger partial charge is 0 e. The molecule has 0 aromatic carbocycles. The van der Waals surface area contributed by atoms with E-state index >= 15 is 0 Å². The van der Waals surface area contributed by atoms with Crippen LogP contribution in [0.3, 0.4) is 0 Å². The summed E-state index contributed by atoms with van der Waals surface area (Å²) in [6, 6.07) is 0. The van der Waals surface area contributed by atoms with Crippen molar-refractivity contribution in [1.82, 2.24) is 0 Å². The standard InChI is InChI=1S/C10H20.2C2H6.Sn/c1-2-3-7-10-8-5-4-6-9-10;2*1-2;/h10H,2-9H2,1H3;2*1-2H3;. The van der Waals surface area contributed by atoms with E-state index in [-0.39, 0.29) is 23.9 Å². The summed E-state index contributed by atoms with van der Waals surface area (Å²) in [4.78, 5) is 0. The Balaban J connectivity index is -0.000000258. The zero-order valence-corrected chi connectivity index (χ0v) is 14.6. The van der Waals surface area contributed by atoms with Gasteiger partial charge in [-0.15, -0.1) is 0 Å². The first kappa shape index (κ1) is 21.1. The van der Waals surface area contributed by atoms with E-state index in [4.69, 9.17) is 0 Å². The SMILES string of the molecule is CC.CC.CCCCC1CCCCC1.[Sn]. The van der Waals surface area contributed by atoms with Gasteiger partial charge in [-0.25, -0.2) is 0 Å². The zero-order valence-electron chi connectivity index (χ0n) is 11.7. The van der Waals surface area contributed by atoms with Gasteiger partial charge >= 0.3 is 0 Å². The molecule has 1 rings (SSSR count). The molecule has 0 nitrogen and oxygen atoms in total. The van der Waals surface area contributed by atoms with Crippen LogP contribution in [0.4, 0.5) is 0 Å². The Labute approximate surface area is 116 Å². The van der Waals surface area contributed by atoms with Crippen LogP contribution in [-0.4, -0.2) is 23.9 Å². The molecular formula is C14H32Sn. The molecule has 0 bridgehead atoms. The fourth-order valence-corrected chi connectivity index (χ4v) is 1.97. The van der Waals surface area contributed by atoms with Gasteiger partial charge in [0.15, 0.2) is 0 Å². The third-order valence-electron chi connectivity index (χ3n) is 2.69. The van der Waals surface area contributed by atoms with E-state index in [9.17, 15) is 0 Å². The minimum atomic E-state index is 0. The zero-order chi connectivity index (χ0) is 11.2. The molecule has 0 heterocycles. The molecule has 0 unspecified atom stereocenters. The summed E-state index contributed by atoms with van der Waals surface area (Å²) >= 11 is 0. The van der Waals surface area contributed by atoms with Crippen LogP contribution >= 0.6 is 0 Å². The van der Waals surface area contributed by atoms with Crippen molar-refractivity contribution in [2.24, 2.45) is 5.92 Å². The molecular weight excluding hydrogens is 287 g/mol. The molecule has 0 saturated heterocycles. The molecule has 0 atom stereocenters. The van der Waals surface area contributed by atoms with Gasteiger partial charge in [-0.05, 0) is 5.92 Å². The van der Waals surface area contributed by atoms with E-state index in [2.05, 4.69) is 6.92 Å². The third-order valence-corrected chi connectivity index (χ3v) is 2.69. The first-order chi connectivity index (χ1) is 6.93. The summed E-state index contributed by atoms with van der Waals surface area (Å²) in [6.45, 7) is 10.3. The van der Waals surface area contributed by atoms with Gasteiger partial charge in [-0.3, -0.25) is 0 Å². The molecule has 0 amide bonds. The van der Waals surface area contributed by atoms with Crippen LogP contribution in [0.25, 0.3) is 0 Å². The van der Waals surface area contributed by atoms with Gasteiger partial charge < -0.3 is 0 Å². The predicted molar refractivity (Wildman–Crippen MR) is 74.6 cm³/mol. The van der Waals surface area contributed by atoms with Crippen LogP contribution in [0, 0.1) is 5.92 Å². The van der Waals surface area contributed by atoms with E-state index in [1.807, 2.05) is 27.7 Å². The fraction of sp³-hybridized carbons (Fsp3) is 1.00. The maximum Gasteiger partial charge on any atom is 0 e. The molecule has 1 heteroatoms. The van der Waals surface area contributed by atoms with Gasteiger partial charge in [0.1, 0.15) is 0 Å². The summed E-state index contributed by atoms with van der Waals surface area (Å²) < 4.78 is 0. The summed E-state index contributed by atoms with van der Waals surface area (Å²) in [5, 5.41) is 0. The molecule has 92 valence electrons. The molecule has 0 aromatic heterocycles. The van der Waals surface area contributed by atoms with Crippen molar-refractivity contribution >= 4 is 23.9 Å². The van der Waals surface area contributed by atoms with Crippen molar-refractivity contribution in [1.29, 1.82) is 0 Å². The van der Waals surface area contributed by atoms with Crippen molar-refractivity contribution in [2.45, 2.75) is 86.0 Å². The Morgan fingerprint density at radius 3 is 1.73 bits per heavy atom. The van der Waals surface area contributed by atoms with E-state index in [0.29, 0.717) is 0 Å². The molecule has 0 aliphatic heterocycles. The van der Waals surface area contributed by atoms with Crippen molar-refractivity contribution in [3.05, 3.63) is 0 Å². The maximum absolute atomic E-state index is 2.29. The van der Waals surface area contributed by atoms with Crippen molar-refractivity contribution in [3.63, 3.8) is 0 Å². The Hall–Kier alpha value is 0.799. The van der Waals surface area contributed by atoms with Crippen molar-refractivity contribution < 1.29 is 0 Å². The molecule has 1 fully saturated rings. The minimum absolute atomic E-state index is 0. The molecule has 1 aliphatic carbocycles. The average molecular weight is 319 g/mol. The number of hydrogen-bond donors (Lipinski definition) is 0. The fourth-order valence-electron chi connectivity index (χ4n) is 1.97. The minimum Gasteiger partial charge on any atom is -0.0683 e. The quantitative estimate of drug-likeness (QED) is 0.609. The summed E-state index contributed by atoms with van der Waals surface area (Å²) in [5.41, 5.74) is 0. The van der Waals surface area contributed by atoms with Gasteiger partial charge in [0.2, 0.25) is 0 Å². The normalized spacial score (nSPS) is 15.0. The van der Waals surface area contributed by atoms with E-state index in [1.54, 1.807) is 0 Å². The Bertz CT molecular complexity index is 75.4. The first-order valence-corrected chi connectivity index (χ1v) is 6.93. The molecule has 0 spiro atoms. The van der Waals surface area contributed by atoms with Crippen LogP contribution in [-0.2, 0) is 0 Å². The Kier molecular flexibility index (Phi) is 28.5. The van der Waals surface area contributed by atoms with E-state index < -0.39 is 0 Å². The largest absolute Gasteiger partial charge is 0.0683 e. The second kappa shape index (κ2) is 20.2. The second-order valence-corrected chi connectivity index (χ2v) is 3.65. The number of hydrogen-bond acceptors (Lipinski definition) is 0. The maximum atomic E-state index is 2.29. The van der Waals surface area contributed by atoms with Gasteiger partial charge in [0.05, 0.1) is 0 Å². The topological polar surface area (TPSA) is 0 Å². The van der Waals surface area contributed by atoms with Crippen LogP contribution in [0.15, 0.2) is 0 Å². The van der Waals surface area contributed by atoms with Crippen LogP contribution < -0.4 is 0 Å². The summed E-state index contributed by atoms with van der Waals surface area (Å²) in [7, 11) is 0. The summed E-state index contributed by atoms with van der Waals surface area (Å²) in [6.07, 6.45) is 11.9. The van der Waals surface area contributed by atoms with Gasteiger partial charge in [-0.2, -0.15) is 0 Å². The van der Waals surface area contributed by atoms with Crippen LogP contribution in [0.5, 0.6) is 0 Å². The van der Waals surface area contributed by atoms with Crippen molar-refractivity contribution in [2.75, 3.05) is 0 Å². The third kappa shape index (κ3) is 14.8. The molecule has 0 N–H and O–H groups in total. The van der Waals surface area contributed by atoms with Crippen molar-refractivity contribution in [3.8, 4) is 0 Å². The molecule has 1 aliphatic rings. The van der Waals surface area contributed by atoms with Crippen LogP contribution in [0.2, 0.25) is 0 Å². The molecule has 15 heavy (non-hydrogen) atoms. The molecule has 4 radical (unpaired) electrons. The van der Waals surface area contributed by atoms with E-state index in [0.717, 1.165) is 5.92 Å². The Morgan fingerprint density at radius 1 is 0.867 bits per heavy atom. The Morgan fingerprint density at radius 2 is 1.33 bits per heavy atom. The molecule has 1 saturated carbocycles. The average Bonchev–Trinajstić information content (AvgIpc) is 2.33. The van der Waals surface area contributed by atoms with Crippen LogP contribution in [0.1, 0.15) is 86.0 Å². The van der Waals surface area contributed by atoms with E-state index in [1.165, 1.54) is 51.4 Å². The predicted octanol–water partition coefficient (Wildman–Crippen LogP) is 5.43. The van der Waals surface area contributed by atoms with Gasteiger partial charge in [0.25, 0.3) is 0 Å². The molecule has 0 aromatic rings. The number of rotatable bonds is 3. The van der Waals surface area contributed by atoms with Gasteiger partial charge in [-0.1, -0.05) is 86.0 Å². The first-order valence-electron chi connectivity index (χ1n) is 6.93. The second-order valence-electron chi connectivity index (χ2n) is 3.65. The monoisotopic (exact) mass is 320 g/mol. The van der Waals surface area contributed by atoms with Gasteiger partial charge in [0, 0.05) is 23.9 Å².